The summed E-state index contributed by atoms with van der Waals surface area (Å²) in [4.78, 5) is 9.22. The molecule has 0 radical (unpaired) electrons. The molecule has 0 amide bonds. The summed E-state index contributed by atoms with van der Waals surface area (Å²) in [6.07, 6.45) is 0. The lowest BCUT2D eigenvalue weighted by Crippen LogP contribution is -2.09. The molecule has 0 unspecified atom stereocenters. The number of nitrogen functional groups attached to an aromatic ring is 1. The van der Waals surface area contributed by atoms with E-state index in [9.17, 15) is 0 Å². The van der Waals surface area contributed by atoms with Crippen LogP contribution in [0.25, 0.3) is 33.4 Å². The van der Waals surface area contributed by atoms with Gasteiger partial charge in [-0.25, -0.2) is 9.97 Å². The molecule has 0 aliphatic rings. The number of anilines is 1. The van der Waals surface area contributed by atoms with Crippen molar-refractivity contribution in [3.8, 4) is 22.6 Å². The summed E-state index contributed by atoms with van der Waals surface area (Å²) in [6, 6.07) is 19.4. The Labute approximate surface area is 166 Å². The van der Waals surface area contributed by atoms with Crippen molar-refractivity contribution in [3.63, 3.8) is 0 Å². The van der Waals surface area contributed by atoms with Crippen molar-refractivity contribution in [3.05, 3.63) is 76.3 Å². The maximum atomic E-state index is 6.40. The van der Waals surface area contributed by atoms with Crippen LogP contribution in [0.1, 0.15) is 5.56 Å². The number of nitrogens with two attached hydrogens (primary N) is 2. The molecule has 1 aromatic heterocycles. The molecule has 27 heavy (non-hydrogen) atoms. The van der Waals surface area contributed by atoms with E-state index in [2.05, 4.69) is 11.1 Å². The van der Waals surface area contributed by atoms with E-state index in [1.807, 2.05) is 42.5 Å². The average molecular weight is 395 g/mol. The van der Waals surface area contributed by atoms with Crippen molar-refractivity contribution in [2.24, 2.45) is 5.73 Å². The van der Waals surface area contributed by atoms with E-state index >= 15 is 0 Å². The van der Waals surface area contributed by atoms with E-state index in [1.165, 1.54) is 0 Å². The Balaban J connectivity index is 1.93. The molecule has 0 bridgehead atoms. The van der Waals surface area contributed by atoms with Crippen LogP contribution in [-0.2, 0) is 6.54 Å². The fraction of sp³-hybridized carbons (Fsp3) is 0.0476. The summed E-state index contributed by atoms with van der Waals surface area (Å²) in [5.74, 6) is 0.869. The van der Waals surface area contributed by atoms with E-state index < -0.39 is 0 Å². The summed E-state index contributed by atoms with van der Waals surface area (Å²) in [5.41, 5.74) is 15.0. The highest BCUT2D eigenvalue weighted by Gasteiger charge is 2.17. The number of hydrogen-bond acceptors (Lipinski definition) is 4. The molecule has 6 heteroatoms. The van der Waals surface area contributed by atoms with Crippen LogP contribution in [-0.4, -0.2) is 9.97 Å². The average Bonchev–Trinajstić information content (AvgIpc) is 2.67. The monoisotopic (exact) mass is 394 g/mol. The van der Waals surface area contributed by atoms with Crippen LogP contribution in [0.2, 0.25) is 10.0 Å². The van der Waals surface area contributed by atoms with Gasteiger partial charge in [-0.3, -0.25) is 0 Å². The van der Waals surface area contributed by atoms with Crippen molar-refractivity contribution in [2.45, 2.75) is 6.54 Å². The maximum Gasteiger partial charge on any atom is 0.162 e. The first kappa shape index (κ1) is 17.7. The van der Waals surface area contributed by atoms with Gasteiger partial charge in [0.2, 0.25) is 0 Å². The van der Waals surface area contributed by atoms with Crippen LogP contribution >= 0.6 is 23.2 Å². The molecule has 0 atom stereocenters. The molecule has 4 N–H and O–H groups in total. The highest BCUT2D eigenvalue weighted by atomic mass is 35.5. The number of rotatable bonds is 3. The minimum atomic E-state index is 0.206. The molecule has 3 aromatic carbocycles. The second-order valence-corrected chi connectivity index (χ2v) is 6.99. The van der Waals surface area contributed by atoms with E-state index in [1.54, 1.807) is 12.1 Å². The molecule has 0 aliphatic heterocycles. The van der Waals surface area contributed by atoms with E-state index in [-0.39, 0.29) is 6.54 Å². The number of nitrogens with zero attached hydrogens (tertiary/aromatic N) is 2. The van der Waals surface area contributed by atoms with Crippen LogP contribution in [0.5, 0.6) is 0 Å². The molecular formula is C21H16Cl2N4. The van der Waals surface area contributed by atoms with Crippen molar-refractivity contribution in [1.82, 2.24) is 9.97 Å². The summed E-state index contributed by atoms with van der Waals surface area (Å²) < 4.78 is 0. The summed E-state index contributed by atoms with van der Waals surface area (Å²) in [6.45, 7) is 0.206. The standard InChI is InChI=1S/C21H16Cl2N4/c22-15-7-8-16(18(23)10-15)19-17(11-24)20(25)27-21(26-19)14-6-5-12-3-1-2-4-13(12)9-14/h1-10H,11,24H2,(H2,25,26,27). The summed E-state index contributed by atoms with van der Waals surface area (Å²) in [7, 11) is 0. The normalized spacial score (nSPS) is 11.1. The van der Waals surface area contributed by atoms with Crippen LogP contribution in [0.3, 0.4) is 0 Å². The Morgan fingerprint density at radius 3 is 2.37 bits per heavy atom. The van der Waals surface area contributed by atoms with Gasteiger partial charge >= 0.3 is 0 Å². The van der Waals surface area contributed by atoms with Gasteiger partial charge in [0.1, 0.15) is 5.82 Å². The topological polar surface area (TPSA) is 77.8 Å². The molecule has 1 heterocycles. The zero-order valence-electron chi connectivity index (χ0n) is 14.3. The van der Waals surface area contributed by atoms with Gasteiger partial charge in [-0.1, -0.05) is 59.6 Å². The second-order valence-electron chi connectivity index (χ2n) is 6.15. The first-order chi connectivity index (χ1) is 13.1. The van der Waals surface area contributed by atoms with Gasteiger partial charge in [0.05, 0.1) is 10.7 Å². The third-order valence-electron chi connectivity index (χ3n) is 4.44. The number of benzene rings is 3. The van der Waals surface area contributed by atoms with Gasteiger partial charge in [-0.05, 0) is 35.0 Å². The van der Waals surface area contributed by atoms with Gasteiger partial charge in [0, 0.05) is 28.3 Å². The fourth-order valence-electron chi connectivity index (χ4n) is 3.06. The minimum Gasteiger partial charge on any atom is -0.383 e. The Morgan fingerprint density at radius 1 is 0.852 bits per heavy atom. The van der Waals surface area contributed by atoms with Gasteiger partial charge in [0.25, 0.3) is 0 Å². The Kier molecular flexibility index (Phi) is 4.70. The lowest BCUT2D eigenvalue weighted by Gasteiger charge is -2.13. The molecule has 0 spiro atoms. The van der Waals surface area contributed by atoms with Crippen LogP contribution < -0.4 is 11.5 Å². The third-order valence-corrected chi connectivity index (χ3v) is 4.98. The SMILES string of the molecule is NCc1c(N)nc(-c2ccc3ccccc3c2)nc1-c1ccc(Cl)cc1Cl. The second kappa shape index (κ2) is 7.16. The minimum absolute atomic E-state index is 0.206. The molecular weight excluding hydrogens is 379 g/mol. The van der Waals surface area contributed by atoms with Crippen molar-refractivity contribution in [2.75, 3.05) is 5.73 Å². The highest BCUT2D eigenvalue weighted by Crippen LogP contribution is 2.34. The molecule has 0 aliphatic carbocycles. The molecule has 0 saturated heterocycles. The quantitative estimate of drug-likeness (QED) is 0.493. The van der Waals surface area contributed by atoms with Crippen molar-refractivity contribution >= 4 is 39.8 Å². The predicted molar refractivity (Wildman–Crippen MR) is 113 cm³/mol. The van der Waals surface area contributed by atoms with Crippen molar-refractivity contribution < 1.29 is 0 Å². The number of fused-ring (bicyclic) bond motifs is 1. The fourth-order valence-corrected chi connectivity index (χ4v) is 3.56. The van der Waals surface area contributed by atoms with Gasteiger partial charge in [-0.15, -0.1) is 0 Å². The summed E-state index contributed by atoms with van der Waals surface area (Å²) >= 11 is 12.4. The molecule has 0 saturated carbocycles. The van der Waals surface area contributed by atoms with Crippen LogP contribution in [0, 0.1) is 0 Å². The van der Waals surface area contributed by atoms with Gasteiger partial charge in [-0.2, -0.15) is 0 Å². The third kappa shape index (κ3) is 3.35. The van der Waals surface area contributed by atoms with E-state index in [4.69, 9.17) is 39.7 Å². The zero-order chi connectivity index (χ0) is 19.0. The highest BCUT2D eigenvalue weighted by molar-refractivity contribution is 6.36. The van der Waals surface area contributed by atoms with E-state index in [0.29, 0.717) is 32.9 Å². The van der Waals surface area contributed by atoms with Gasteiger partial charge in [0.15, 0.2) is 5.82 Å². The molecule has 4 aromatic rings. The Hall–Kier alpha value is -2.66. The molecule has 0 fully saturated rings. The number of hydrogen-bond donors (Lipinski definition) is 2. The lowest BCUT2D eigenvalue weighted by atomic mass is 10.0. The molecule has 134 valence electrons. The molecule has 4 nitrogen and oxygen atoms in total. The van der Waals surface area contributed by atoms with E-state index in [0.717, 1.165) is 21.9 Å². The maximum absolute atomic E-state index is 6.40. The number of aromatic nitrogens is 2. The van der Waals surface area contributed by atoms with Crippen LogP contribution in [0.4, 0.5) is 5.82 Å². The van der Waals surface area contributed by atoms with Crippen molar-refractivity contribution in [1.29, 1.82) is 0 Å². The first-order valence-electron chi connectivity index (χ1n) is 8.38. The Bertz CT molecular complexity index is 1160. The lowest BCUT2D eigenvalue weighted by molar-refractivity contribution is 1.03. The largest absolute Gasteiger partial charge is 0.383 e. The van der Waals surface area contributed by atoms with Gasteiger partial charge < -0.3 is 11.5 Å². The molecule has 4 rings (SSSR count). The smallest absolute Gasteiger partial charge is 0.162 e. The zero-order valence-corrected chi connectivity index (χ0v) is 15.8. The predicted octanol–water partition coefficient (Wildman–Crippen LogP) is 5.31. The van der Waals surface area contributed by atoms with Crippen LogP contribution in [0.15, 0.2) is 60.7 Å². The number of halogens is 2. The Morgan fingerprint density at radius 2 is 1.63 bits per heavy atom. The first-order valence-corrected chi connectivity index (χ1v) is 9.13. The summed E-state index contributed by atoms with van der Waals surface area (Å²) in [5, 5.41) is 3.29.